The van der Waals surface area contributed by atoms with E-state index in [0.717, 1.165) is 13.0 Å². The molecule has 0 bridgehead atoms. The van der Waals surface area contributed by atoms with Crippen molar-refractivity contribution >= 4 is 5.97 Å². The van der Waals surface area contributed by atoms with Crippen molar-refractivity contribution in [2.45, 2.75) is 63.8 Å². The van der Waals surface area contributed by atoms with Gasteiger partial charge in [0.05, 0.1) is 6.42 Å². The third-order valence-corrected chi connectivity index (χ3v) is 3.81. The van der Waals surface area contributed by atoms with Gasteiger partial charge < -0.3 is 10.2 Å². The Morgan fingerprint density at radius 1 is 1.06 bits per heavy atom. The molecule has 2 N–H and O–H groups in total. The fourth-order valence-electron chi connectivity index (χ4n) is 2.79. The first kappa shape index (κ1) is 15.4. The van der Waals surface area contributed by atoms with Gasteiger partial charge in [-0.15, -0.1) is 0 Å². The fourth-order valence-corrected chi connectivity index (χ4v) is 2.79. The van der Waals surface area contributed by atoms with Gasteiger partial charge in [0, 0.05) is 25.7 Å². The minimum absolute atomic E-state index is 0.191. The van der Waals surface area contributed by atoms with E-state index < -0.39 is 5.97 Å². The lowest BCUT2D eigenvalue weighted by Gasteiger charge is -2.32. The second-order valence-electron chi connectivity index (χ2n) is 5.26. The van der Waals surface area contributed by atoms with E-state index in [4.69, 9.17) is 10.2 Å². The topological polar surface area (TPSA) is 60.8 Å². The Bertz CT molecular complexity index is 225. The van der Waals surface area contributed by atoms with Crippen LogP contribution in [0, 0.1) is 0 Å². The van der Waals surface area contributed by atoms with Crippen molar-refractivity contribution in [2.24, 2.45) is 0 Å². The number of aliphatic hydroxyl groups is 1. The summed E-state index contributed by atoms with van der Waals surface area (Å²) < 4.78 is 0. The van der Waals surface area contributed by atoms with Gasteiger partial charge in [0.2, 0.25) is 0 Å². The normalized spacial score (nSPS) is 18.6. The molecule has 0 aromatic heterocycles. The maximum absolute atomic E-state index is 10.7. The van der Waals surface area contributed by atoms with Gasteiger partial charge in [-0.25, -0.2) is 0 Å². The Hall–Kier alpha value is -0.610. The van der Waals surface area contributed by atoms with Crippen molar-refractivity contribution in [1.29, 1.82) is 0 Å². The Morgan fingerprint density at radius 2 is 1.67 bits per heavy atom. The first-order chi connectivity index (χ1) is 8.74. The van der Waals surface area contributed by atoms with Gasteiger partial charge in [-0.1, -0.05) is 32.1 Å². The molecule has 0 amide bonds. The van der Waals surface area contributed by atoms with Crippen molar-refractivity contribution in [3.8, 4) is 0 Å². The Balaban J connectivity index is 2.45. The van der Waals surface area contributed by atoms with E-state index >= 15 is 0 Å². The Morgan fingerprint density at radius 3 is 2.22 bits per heavy atom. The molecule has 0 spiro atoms. The number of rotatable bonds is 7. The van der Waals surface area contributed by atoms with Crippen LogP contribution in [0.15, 0.2) is 0 Å². The summed E-state index contributed by atoms with van der Waals surface area (Å²) in [7, 11) is 0. The number of carboxylic acid groups (broad SMARTS) is 1. The Kier molecular flexibility index (Phi) is 8.01. The van der Waals surface area contributed by atoms with Crippen LogP contribution in [-0.2, 0) is 4.79 Å². The monoisotopic (exact) mass is 257 g/mol. The van der Waals surface area contributed by atoms with Crippen LogP contribution in [0.3, 0.4) is 0 Å². The molecule has 4 nitrogen and oxygen atoms in total. The summed E-state index contributed by atoms with van der Waals surface area (Å²) >= 11 is 0. The van der Waals surface area contributed by atoms with E-state index in [1.165, 1.54) is 44.9 Å². The molecule has 18 heavy (non-hydrogen) atoms. The van der Waals surface area contributed by atoms with Crippen LogP contribution >= 0.6 is 0 Å². The molecule has 106 valence electrons. The summed E-state index contributed by atoms with van der Waals surface area (Å²) in [6.45, 7) is 1.64. The molecule has 0 aromatic rings. The van der Waals surface area contributed by atoms with Crippen molar-refractivity contribution in [2.75, 3.05) is 19.7 Å². The standard InChI is InChI=1S/C14H27NO3/c16-12-6-10-15(11-9-14(17)18)13-7-4-2-1-3-5-8-13/h13,16H,1-12H2,(H,17,18). The third kappa shape index (κ3) is 6.36. The highest BCUT2D eigenvalue weighted by molar-refractivity contribution is 5.66. The number of hydrogen-bond donors (Lipinski definition) is 2. The SMILES string of the molecule is O=C(O)CCN(CCCO)C1CCCCCCC1. The molecule has 1 saturated carbocycles. The number of aliphatic carboxylic acids is 1. The van der Waals surface area contributed by atoms with E-state index in [1.807, 2.05) is 0 Å². The minimum Gasteiger partial charge on any atom is -0.481 e. The summed E-state index contributed by atoms with van der Waals surface area (Å²) in [4.78, 5) is 13.0. The van der Waals surface area contributed by atoms with E-state index in [-0.39, 0.29) is 13.0 Å². The van der Waals surface area contributed by atoms with Gasteiger partial charge in [-0.2, -0.15) is 0 Å². The molecule has 1 aliphatic carbocycles. The van der Waals surface area contributed by atoms with Gasteiger partial charge in [0.15, 0.2) is 0 Å². The average Bonchev–Trinajstić information content (AvgIpc) is 2.30. The van der Waals surface area contributed by atoms with Gasteiger partial charge in [0.25, 0.3) is 0 Å². The van der Waals surface area contributed by atoms with Crippen molar-refractivity contribution in [3.63, 3.8) is 0 Å². The maximum atomic E-state index is 10.7. The third-order valence-electron chi connectivity index (χ3n) is 3.81. The van der Waals surface area contributed by atoms with Gasteiger partial charge in [-0.05, 0) is 19.3 Å². The van der Waals surface area contributed by atoms with Crippen LogP contribution in [0.25, 0.3) is 0 Å². The summed E-state index contributed by atoms with van der Waals surface area (Å²) in [5.74, 6) is -0.727. The second kappa shape index (κ2) is 9.34. The summed E-state index contributed by atoms with van der Waals surface area (Å²) in [6, 6.07) is 0.524. The van der Waals surface area contributed by atoms with E-state index in [2.05, 4.69) is 4.90 Å². The lowest BCUT2D eigenvalue weighted by atomic mass is 9.95. The van der Waals surface area contributed by atoms with Crippen LogP contribution in [0.4, 0.5) is 0 Å². The summed E-state index contributed by atoms with van der Waals surface area (Å²) in [5.41, 5.74) is 0. The fraction of sp³-hybridized carbons (Fsp3) is 0.929. The zero-order valence-electron chi connectivity index (χ0n) is 11.3. The summed E-state index contributed by atoms with van der Waals surface area (Å²) in [5, 5.41) is 17.8. The molecule has 0 aromatic carbocycles. The zero-order chi connectivity index (χ0) is 13.2. The lowest BCUT2D eigenvalue weighted by molar-refractivity contribution is -0.137. The highest BCUT2D eigenvalue weighted by Gasteiger charge is 2.19. The van der Waals surface area contributed by atoms with Crippen LogP contribution in [-0.4, -0.2) is 46.8 Å². The molecule has 0 aliphatic heterocycles. The number of carboxylic acids is 1. The average molecular weight is 257 g/mol. The van der Waals surface area contributed by atoms with Crippen LogP contribution in [0.5, 0.6) is 0 Å². The predicted molar refractivity (Wildman–Crippen MR) is 71.6 cm³/mol. The second-order valence-corrected chi connectivity index (χ2v) is 5.26. The van der Waals surface area contributed by atoms with Gasteiger partial charge in [0.1, 0.15) is 0 Å². The molecule has 0 unspecified atom stereocenters. The zero-order valence-corrected chi connectivity index (χ0v) is 11.3. The van der Waals surface area contributed by atoms with Crippen LogP contribution in [0.2, 0.25) is 0 Å². The highest BCUT2D eigenvalue weighted by Crippen LogP contribution is 2.21. The quantitative estimate of drug-likeness (QED) is 0.734. The predicted octanol–water partition coefficient (Wildman–Crippen LogP) is 2.26. The molecule has 0 radical (unpaired) electrons. The van der Waals surface area contributed by atoms with E-state index in [9.17, 15) is 4.79 Å². The largest absolute Gasteiger partial charge is 0.481 e. The molecule has 0 saturated heterocycles. The number of nitrogens with zero attached hydrogens (tertiary/aromatic N) is 1. The van der Waals surface area contributed by atoms with Crippen LogP contribution < -0.4 is 0 Å². The van der Waals surface area contributed by atoms with Gasteiger partial charge >= 0.3 is 5.97 Å². The minimum atomic E-state index is -0.727. The molecule has 4 heteroatoms. The van der Waals surface area contributed by atoms with E-state index in [1.54, 1.807) is 0 Å². The smallest absolute Gasteiger partial charge is 0.304 e. The van der Waals surface area contributed by atoms with Crippen molar-refractivity contribution in [1.82, 2.24) is 4.90 Å². The maximum Gasteiger partial charge on any atom is 0.304 e. The highest BCUT2D eigenvalue weighted by atomic mass is 16.4. The molecule has 1 fully saturated rings. The molecular weight excluding hydrogens is 230 g/mol. The molecule has 1 aliphatic rings. The van der Waals surface area contributed by atoms with Crippen molar-refractivity contribution < 1.29 is 15.0 Å². The van der Waals surface area contributed by atoms with Crippen molar-refractivity contribution in [3.05, 3.63) is 0 Å². The van der Waals surface area contributed by atoms with Gasteiger partial charge in [-0.3, -0.25) is 9.69 Å². The summed E-state index contributed by atoms with van der Waals surface area (Å²) in [6.07, 6.45) is 9.81. The molecular formula is C14H27NO3. The molecule has 0 heterocycles. The number of hydrogen-bond acceptors (Lipinski definition) is 3. The lowest BCUT2D eigenvalue weighted by Crippen LogP contribution is -2.38. The first-order valence-corrected chi connectivity index (χ1v) is 7.30. The number of carbonyl (C=O) groups is 1. The van der Waals surface area contributed by atoms with E-state index in [0.29, 0.717) is 12.6 Å². The number of aliphatic hydroxyl groups excluding tert-OH is 1. The molecule has 1 rings (SSSR count). The Labute approximate surface area is 110 Å². The van der Waals surface area contributed by atoms with Crippen LogP contribution in [0.1, 0.15) is 57.8 Å². The first-order valence-electron chi connectivity index (χ1n) is 7.30. The molecule has 0 atom stereocenters.